The average molecular weight is 282 g/mol. The molecule has 21 heavy (non-hydrogen) atoms. The fourth-order valence-electron chi connectivity index (χ4n) is 2.40. The van der Waals surface area contributed by atoms with E-state index in [4.69, 9.17) is 10.1 Å². The van der Waals surface area contributed by atoms with Gasteiger partial charge < -0.3 is 10.1 Å². The van der Waals surface area contributed by atoms with Crippen LogP contribution >= 0.6 is 0 Å². The van der Waals surface area contributed by atoms with Gasteiger partial charge in [0.1, 0.15) is 5.75 Å². The predicted molar refractivity (Wildman–Crippen MR) is 75.7 cm³/mol. The van der Waals surface area contributed by atoms with Crippen LogP contribution in [0, 0.1) is 15.5 Å². The molecule has 3 rings (SSSR count). The molecular weight excluding hydrogens is 272 g/mol. The Morgan fingerprint density at radius 3 is 2.71 bits per heavy atom. The predicted octanol–water partition coefficient (Wildman–Crippen LogP) is 2.91. The molecule has 104 valence electrons. The highest BCUT2D eigenvalue weighted by Crippen LogP contribution is 2.43. The minimum absolute atomic E-state index is 0.112. The molecule has 0 saturated heterocycles. The molecule has 0 amide bonds. The average Bonchev–Trinajstić information content (AvgIpc) is 2.52. The molecule has 0 radical (unpaired) electrons. The fourth-order valence-corrected chi connectivity index (χ4v) is 2.40. The first-order valence-corrected chi connectivity index (χ1v) is 6.20. The van der Waals surface area contributed by atoms with E-state index in [2.05, 4.69) is 0 Å². The van der Waals surface area contributed by atoms with Crippen molar-refractivity contribution in [2.75, 3.05) is 0 Å². The maximum Gasteiger partial charge on any atom is 0.269 e. The lowest BCUT2D eigenvalue weighted by molar-refractivity contribution is -0.384. The van der Waals surface area contributed by atoms with E-state index in [0.717, 1.165) is 5.56 Å². The third kappa shape index (κ3) is 2.06. The number of Topliss-reactive ketones (excluding diaryl/α,β-unsaturated/α-hetero) is 1. The fraction of sp³-hybridized carbons (Fsp3) is 0.0667. The highest BCUT2D eigenvalue weighted by Gasteiger charge is 2.31. The van der Waals surface area contributed by atoms with Crippen molar-refractivity contribution < 1.29 is 14.5 Å². The third-order valence-corrected chi connectivity index (χ3v) is 3.35. The van der Waals surface area contributed by atoms with Crippen LogP contribution in [0.2, 0.25) is 0 Å². The topological polar surface area (TPSA) is 93.3 Å². The van der Waals surface area contributed by atoms with Gasteiger partial charge in [0.2, 0.25) is 5.78 Å². The highest BCUT2D eigenvalue weighted by atomic mass is 16.6. The third-order valence-electron chi connectivity index (χ3n) is 3.35. The number of rotatable bonds is 3. The molecule has 0 saturated carbocycles. The maximum absolute atomic E-state index is 11.9. The molecule has 1 unspecified atom stereocenters. The number of non-ortho nitro benzene ring substituents is 1. The van der Waals surface area contributed by atoms with E-state index in [1.807, 2.05) is 12.1 Å². The highest BCUT2D eigenvalue weighted by molar-refractivity contribution is 6.28. The summed E-state index contributed by atoms with van der Waals surface area (Å²) in [4.78, 5) is 22.3. The van der Waals surface area contributed by atoms with Crippen LogP contribution < -0.4 is 4.74 Å². The molecule has 1 heterocycles. The van der Waals surface area contributed by atoms with Crippen LogP contribution in [0.15, 0.2) is 42.5 Å². The second-order valence-corrected chi connectivity index (χ2v) is 4.57. The van der Waals surface area contributed by atoms with Crippen molar-refractivity contribution in [1.82, 2.24) is 0 Å². The quantitative estimate of drug-likeness (QED) is 0.532. The van der Waals surface area contributed by atoms with Gasteiger partial charge in [-0.05, 0) is 17.7 Å². The molecule has 1 aliphatic heterocycles. The standard InChI is InChI=1S/C15H10N2O4/c16-8-13(18)15-12-7-9(17(19)20)5-6-10(12)11-3-1-2-4-14(11)21-15/h1-8,15-16H. The number of nitro groups is 1. The summed E-state index contributed by atoms with van der Waals surface area (Å²) in [6.45, 7) is 0. The number of fused-ring (bicyclic) bond motifs is 3. The lowest BCUT2D eigenvalue weighted by Crippen LogP contribution is -2.23. The van der Waals surface area contributed by atoms with Gasteiger partial charge >= 0.3 is 0 Å². The Kier molecular flexibility index (Phi) is 2.98. The number of ketones is 1. The molecule has 0 spiro atoms. The van der Waals surface area contributed by atoms with E-state index < -0.39 is 16.8 Å². The number of para-hydroxylation sites is 1. The van der Waals surface area contributed by atoms with Crippen molar-refractivity contribution in [2.45, 2.75) is 6.10 Å². The first-order valence-electron chi connectivity index (χ1n) is 6.20. The summed E-state index contributed by atoms with van der Waals surface area (Å²) in [5.41, 5.74) is 1.79. The first-order chi connectivity index (χ1) is 10.1. The van der Waals surface area contributed by atoms with E-state index in [1.165, 1.54) is 12.1 Å². The van der Waals surface area contributed by atoms with Crippen LogP contribution in [0.3, 0.4) is 0 Å². The van der Waals surface area contributed by atoms with Gasteiger partial charge in [0.05, 0.1) is 11.1 Å². The molecule has 2 aromatic carbocycles. The molecule has 0 aromatic heterocycles. The first kappa shape index (κ1) is 13.0. The van der Waals surface area contributed by atoms with Crippen molar-refractivity contribution in [2.24, 2.45) is 0 Å². The number of carbonyl (C=O) groups is 1. The Labute approximate surface area is 119 Å². The Bertz CT molecular complexity index is 770. The van der Waals surface area contributed by atoms with Gasteiger partial charge in [-0.1, -0.05) is 18.2 Å². The molecule has 0 aliphatic carbocycles. The molecular formula is C15H10N2O4. The number of hydrogen-bond donors (Lipinski definition) is 1. The van der Waals surface area contributed by atoms with Crippen LogP contribution in [0.1, 0.15) is 11.7 Å². The molecule has 6 nitrogen and oxygen atoms in total. The second-order valence-electron chi connectivity index (χ2n) is 4.57. The van der Waals surface area contributed by atoms with E-state index in [-0.39, 0.29) is 5.69 Å². The Morgan fingerprint density at radius 1 is 1.24 bits per heavy atom. The van der Waals surface area contributed by atoms with Gasteiger partial charge in [-0.15, -0.1) is 0 Å². The van der Waals surface area contributed by atoms with Crippen molar-refractivity contribution in [3.8, 4) is 16.9 Å². The Hall–Kier alpha value is -3.02. The van der Waals surface area contributed by atoms with Crippen LogP contribution in [-0.2, 0) is 4.79 Å². The van der Waals surface area contributed by atoms with E-state index in [9.17, 15) is 14.9 Å². The number of ether oxygens (including phenoxy) is 1. The van der Waals surface area contributed by atoms with Crippen LogP contribution in [-0.4, -0.2) is 16.9 Å². The number of hydrogen-bond acceptors (Lipinski definition) is 5. The summed E-state index contributed by atoms with van der Waals surface area (Å²) < 4.78 is 5.62. The number of nitrogens with zero attached hydrogens (tertiary/aromatic N) is 1. The molecule has 2 aromatic rings. The summed E-state index contributed by atoms with van der Waals surface area (Å²) in [5.74, 6) is -0.0229. The summed E-state index contributed by atoms with van der Waals surface area (Å²) in [7, 11) is 0. The minimum atomic E-state index is -1.02. The van der Waals surface area contributed by atoms with Gasteiger partial charge in [0.25, 0.3) is 5.69 Å². The summed E-state index contributed by atoms with van der Waals surface area (Å²) in [6, 6.07) is 11.5. The SMILES string of the molecule is N=CC(=O)C1Oc2ccccc2-c2ccc([N+](=O)[O-])cc21. The second kappa shape index (κ2) is 4.82. The van der Waals surface area contributed by atoms with Crippen LogP contribution in [0.5, 0.6) is 5.75 Å². The lowest BCUT2D eigenvalue weighted by atomic mass is 9.91. The zero-order chi connectivity index (χ0) is 15.0. The van der Waals surface area contributed by atoms with Crippen LogP contribution in [0.25, 0.3) is 11.1 Å². The zero-order valence-corrected chi connectivity index (χ0v) is 10.8. The number of carbonyl (C=O) groups excluding carboxylic acids is 1. The monoisotopic (exact) mass is 282 g/mol. The number of benzene rings is 2. The smallest absolute Gasteiger partial charge is 0.269 e. The lowest BCUT2D eigenvalue weighted by Gasteiger charge is -2.26. The molecule has 0 fully saturated rings. The van der Waals surface area contributed by atoms with E-state index >= 15 is 0 Å². The van der Waals surface area contributed by atoms with Crippen molar-refractivity contribution in [3.05, 3.63) is 58.1 Å². The van der Waals surface area contributed by atoms with Gasteiger partial charge in [-0.2, -0.15) is 0 Å². The largest absolute Gasteiger partial charge is 0.477 e. The summed E-state index contributed by atoms with van der Waals surface area (Å²) >= 11 is 0. The summed E-state index contributed by atoms with van der Waals surface area (Å²) in [6.07, 6.45) is -0.353. The molecule has 0 bridgehead atoms. The minimum Gasteiger partial charge on any atom is -0.477 e. The maximum atomic E-state index is 11.9. The zero-order valence-electron chi connectivity index (χ0n) is 10.8. The van der Waals surface area contributed by atoms with Gasteiger partial charge in [-0.25, -0.2) is 0 Å². The Morgan fingerprint density at radius 2 is 2.00 bits per heavy atom. The van der Waals surface area contributed by atoms with Gasteiger partial charge in [0.15, 0.2) is 6.10 Å². The normalized spacial score (nSPS) is 15.3. The molecule has 1 N–H and O–H groups in total. The van der Waals surface area contributed by atoms with Crippen LogP contribution in [0.4, 0.5) is 5.69 Å². The summed E-state index contributed by atoms with van der Waals surface area (Å²) in [5, 5.41) is 18.0. The Balaban J connectivity index is 2.24. The van der Waals surface area contributed by atoms with E-state index in [1.54, 1.807) is 18.2 Å². The number of nitrogens with one attached hydrogen (secondary N) is 1. The van der Waals surface area contributed by atoms with Crippen molar-refractivity contribution >= 4 is 17.7 Å². The van der Waals surface area contributed by atoms with Crippen molar-refractivity contribution in [1.29, 1.82) is 5.41 Å². The molecule has 6 heteroatoms. The molecule has 1 atom stereocenters. The van der Waals surface area contributed by atoms with E-state index in [0.29, 0.717) is 23.1 Å². The number of nitro benzene ring substituents is 1. The van der Waals surface area contributed by atoms with Gasteiger partial charge in [-0.3, -0.25) is 14.9 Å². The molecule has 1 aliphatic rings. The van der Waals surface area contributed by atoms with Crippen molar-refractivity contribution in [3.63, 3.8) is 0 Å². The van der Waals surface area contributed by atoms with Gasteiger partial charge in [0, 0.05) is 23.3 Å².